The van der Waals surface area contributed by atoms with Crippen LogP contribution < -0.4 is 10.6 Å². The Bertz CT molecular complexity index is 355. The largest absolute Gasteiger partial charge is 0.368 e. The van der Waals surface area contributed by atoms with Crippen LogP contribution in [0.3, 0.4) is 0 Å². The molecule has 6 heteroatoms. The number of hydrogen-bond acceptors (Lipinski definition) is 5. The van der Waals surface area contributed by atoms with E-state index in [-0.39, 0.29) is 0 Å². The molecule has 0 saturated carbocycles. The van der Waals surface area contributed by atoms with Gasteiger partial charge in [-0.2, -0.15) is 0 Å². The first-order valence-electron chi connectivity index (χ1n) is 5.34. The van der Waals surface area contributed by atoms with E-state index in [9.17, 15) is 0 Å². The molecule has 0 radical (unpaired) electrons. The fourth-order valence-electron chi connectivity index (χ4n) is 1.74. The number of hydrogen-bond donors (Lipinski definition) is 2. The zero-order chi connectivity index (χ0) is 11.4. The third-order valence-corrected chi connectivity index (χ3v) is 3.29. The van der Waals surface area contributed by atoms with Gasteiger partial charge in [0.2, 0.25) is 0 Å². The normalized spacial score (nSPS) is 20.0. The van der Waals surface area contributed by atoms with Crippen LogP contribution >= 0.6 is 23.4 Å². The molecule has 1 saturated heterocycles. The Balaban J connectivity index is 1.94. The van der Waals surface area contributed by atoms with Gasteiger partial charge in [0.05, 0.1) is 0 Å². The number of anilines is 1. The van der Waals surface area contributed by atoms with E-state index in [0.717, 1.165) is 18.9 Å². The molecule has 2 N–H and O–H groups in total. The highest BCUT2D eigenvalue weighted by atomic mass is 35.5. The highest BCUT2D eigenvalue weighted by molar-refractivity contribution is 7.98. The zero-order valence-electron chi connectivity index (χ0n) is 9.16. The Labute approximate surface area is 105 Å². The highest BCUT2D eigenvalue weighted by Gasteiger charge is 2.13. The fourth-order valence-corrected chi connectivity index (χ4v) is 2.35. The maximum atomic E-state index is 5.90. The Hall–Kier alpha value is -0.520. The summed E-state index contributed by atoms with van der Waals surface area (Å²) >= 11 is 7.40. The molecule has 1 atom stereocenters. The van der Waals surface area contributed by atoms with E-state index >= 15 is 0 Å². The Morgan fingerprint density at radius 2 is 2.50 bits per heavy atom. The summed E-state index contributed by atoms with van der Waals surface area (Å²) in [5, 5.41) is 7.91. The molecule has 0 aromatic carbocycles. The SMILES string of the molecule is CSc1nc(Cl)cc(NC[C@H]2CCCN2)n1. The highest BCUT2D eigenvalue weighted by Crippen LogP contribution is 2.17. The van der Waals surface area contributed by atoms with Crippen LogP contribution in [-0.2, 0) is 0 Å². The van der Waals surface area contributed by atoms with Gasteiger partial charge in [-0.3, -0.25) is 0 Å². The lowest BCUT2D eigenvalue weighted by Crippen LogP contribution is -2.29. The lowest BCUT2D eigenvalue weighted by molar-refractivity contribution is 0.632. The van der Waals surface area contributed by atoms with Crippen molar-refractivity contribution in [3.05, 3.63) is 11.2 Å². The van der Waals surface area contributed by atoms with Crippen molar-refractivity contribution in [2.24, 2.45) is 0 Å². The minimum absolute atomic E-state index is 0.487. The van der Waals surface area contributed by atoms with E-state index in [4.69, 9.17) is 11.6 Å². The molecule has 88 valence electrons. The van der Waals surface area contributed by atoms with Crippen LogP contribution in [0.1, 0.15) is 12.8 Å². The lowest BCUT2D eigenvalue weighted by atomic mass is 10.2. The summed E-state index contributed by atoms with van der Waals surface area (Å²) in [4.78, 5) is 8.44. The zero-order valence-corrected chi connectivity index (χ0v) is 10.7. The lowest BCUT2D eigenvalue weighted by Gasteiger charge is -2.12. The predicted molar refractivity (Wildman–Crippen MR) is 68.3 cm³/mol. The molecule has 1 aromatic rings. The first kappa shape index (κ1) is 12.0. The van der Waals surface area contributed by atoms with Crippen LogP contribution in [0.4, 0.5) is 5.82 Å². The van der Waals surface area contributed by atoms with E-state index in [0.29, 0.717) is 16.4 Å². The van der Waals surface area contributed by atoms with Crippen LogP contribution in [-0.4, -0.2) is 35.4 Å². The molecule has 0 amide bonds. The molecule has 16 heavy (non-hydrogen) atoms. The topological polar surface area (TPSA) is 49.8 Å². The second kappa shape index (κ2) is 5.70. The third-order valence-electron chi connectivity index (χ3n) is 2.55. The van der Waals surface area contributed by atoms with Crippen molar-refractivity contribution in [1.82, 2.24) is 15.3 Å². The van der Waals surface area contributed by atoms with Gasteiger partial charge in [-0.15, -0.1) is 0 Å². The number of aromatic nitrogens is 2. The minimum Gasteiger partial charge on any atom is -0.368 e. The second-order valence-electron chi connectivity index (χ2n) is 3.74. The Morgan fingerprint density at radius 3 is 3.19 bits per heavy atom. The van der Waals surface area contributed by atoms with Gasteiger partial charge in [0.15, 0.2) is 5.16 Å². The molecule has 2 rings (SSSR count). The average molecular weight is 259 g/mol. The van der Waals surface area contributed by atoms with Crippen molar-refractivity contribution < 1.29 is 0 Å². The molecule has 0 unspecified atom stereocenters. The summed E-state index contributed by atoms with van der Waals surface area (Å²) in [6.45, 7) is 2.01. The van der Waals surface area contributed by atoms with Crippen molar-refractivity contribution in [3.8, 4) is 0 Å². The minimum atomic E-state index is 0.487. The summed E-state index contributed by atoms with van der Waals surface area (Å²) in [5.74, 6) is 0.804. The fraction of sp³-hybridized carbons (Fsp3) is 0.600. The summed E-state index contributed by atoms with van der Waals surface area (Å²) in [6, 6.07) is 2.31. The maximum absolute atomic E-state index is 5.90. The van der Waals surface area contributed by atoms with Crippen LogP contribution in [0, 0.1) is 0 Å². The van der Waals surface area contributed by atoms with Crippen LogP contribution in [0.25, 0.3) is 0 Å². The molecule has 1 aliphatic rings. The molecule has 4 nitrogen and oxygen atoms in total. The molecule has 0 bridgehead atoms. The van der Waals surface area contributed by atoms with Gasteiger partial charge in [0.1, 0.15) is 11.0 Å². The number of rotatable bonds is 4. The van der Waals surface area contributed by atoms with E-state index in [2.05, 4.69) is 20.6 Å². The van der Waals surface area contributed by atoms with Gasteiger partial charge in [-0.25, -0.2) is 9.97 Å². The van der Waals surface area contributed by atoms with E-state index in [1.807, 2.05) is 6.26 Å². The smallest absolute Gasteiger partial charge is 0.190 e. The first-order valence-corrected chi connectivity index (χ1v) is 6.94. The molecule has 1 fully saturated rings. The molecule has 2 heterocycles. The van der Waals surface area contributed by atoms with Crippen LogP contribution in [0.2, 0.25) is 5.15 Å². The monoisotopic (exact) mass is 258 g/mol. The van der Waals surface area contributed by atoms with E-state index < -0.39 is 0 Å². The van der Waals surface area contributed by atoms with Crippen LogP contribution in [0.5, 0.6) is 0 Å². The van der Waals surface area contributed by atoms with Crippen molar-refractivity contribution in [1.29, 1.82) is 0 Å². The number of thioether (sulfide) groups is 1. The molecule has 0 aliphatic carbocycles. The number of nitrogens with zero attached hydrogens (tertiary/aromatic N) is 2. The summed E-state index contributed by atoms with van der Waals surface area (Å²) in [6.07, 6.45) is 4.42. The maximum Gasteiger partial charge on any atom is 0.190 e. The summed E-state index contributed by atoms with van der Waals surface area (Å²) < 4.78 is 0. The van der Waals surface area contributed by atoms with Gasteiger partial charge < -0.3 is 10.6 Å². The van der Waals surface area contributed by atoms with Gasteiger partial charge in [-0.1, -0.05) is 23.4 Å². The van der Waals surface area contributed by atoms with Gasteiger partial charge in [0.25, 0.3) is 0 Å². The number of nitrogens with one attached hydrogen (secondary N) is 2. The van der Waals surface area contributed by atoms with Gasteiger partial charge in [0, 0.05) is 18.7 Å². The van der Waals surface area contributed by atoms with Crippen molar-refractivity contribution in [3.63, 3.8) is 0 Å². The van der Waals surface area contributed by atoms with E-state index in [1.54, 1.807) is 6.07 Å². The Kier molecular flexibility index (Phi) is 4.26. The predicted octanol–water partition coefficient (Wildman–Crippen LogP) is 2.02. The second-order valence-corrected chi connectivity index (χ2v) is 4.90. The summed E-state index contributed by atoms with van der Waals surface area (Å²) in [7, 11) is 0. The van der Waals surface area contributed by atoms with Crippen molar-refractivity contribution in [2.45, 2.75) is 24.0 Å². The van der Waals surface area contributed by atoms with Crippen molar-refractivity contribution in [2.75, 3.05) is 24.7 Å². The third kappa shape index (κ3) is 3.23. The molecule has 1 aromatic heterocycles. The Morgan fingerprint density at radius 1 is 1.62 bits per heavy atom. The quantitative estimate of drug-likeness (QED) is 0.492. The standard InChI is InChI=1S/C10H15ClN4S/c1-16-10-14-8(11)5-9(15-10)13-6-7-3-2-4-12-7/h5,7,12H,2-4,6H2,1H3,(H,13,14,15)/t7-/m1/s1. The van der Waals surface area contributed by atoms with Crippen LogP contribution in [0.15, 0.2) is 11.2 Å². The molecular weight excluding hydrogens is 244 g/mol. The average Bonchev–Trinajstić information content (AvgIpc) is 2.78. The van der Waals surface area contributed by atoms with Crippen molar-refractivity contribution >= 4 is 29.2 Å². The molecular formula is C10H15ClN4S. The first-order chi connectivity index (χ1) is 7.78. The molecule has 0 spiro atoms. The number of halogens is 1. The van der Waals surface area contributed by atoms with Gasteiger partial charge >= 0.3 is 0 Å². The van der Waals surface area contributed by atoms with E-state index in [1.165, 1.54) is 24.6 Å². The molecule has 1 aliphatic heterocycles. The van der Waals surface area contributed by atoms with Gasteiger partial charge in [-0.05, 0) is 25.6 Å². The summed E-state index contributed by atoms with van der Waals surface area (Å²) in [5.41, 5.74) is 0.